The van der Waals surface area contributed by atoms with E-state index in [9.17, 15) is 4.79 Å². The fraction of sp³-hybridized carbons (Fsp3) is 0.111. The quantitative estimate of drug-likeness (QED) is 0.721. The van der Waals surface area contributed by atoms with E-state index >= 15 is 0 Å². The highest BCUT2D eigenvalue weighted by atomic mass is 32.2. The molecule has 3 rings (SSSR count). The molecule has 0 bridgehead atoms. The number of nitrogens with one attached hydrogen (secondary N) is 1. The van der Waals surface area contributed by atoms with Crippen LogP contribution in [0.4, 0.5) is 5.69 Å². The number of hydrogen-bond donors (Lipinski definition) is 1. The third-order valence-electron chi connectivity index (χ3n) is 3.33. The number of fused-ring (bicyclic) bond motifs is 1. The first-order valence-corrected chi connectivity index (χ1v) is 8.15. The van der Waals surface area contributed by atoms with Crippen molar-refractivity contribution in [1.82, 2.24) is 4.98 Å². The fourth-order valence-corrected chi connectivity index (χ4v) is 3.05. The van der Waals surface area contributed by atoms with Crippen molar-refractivity contribution in [2.75, 3.05) is 18.2 Å². The number of amides is 1. The Bertz CT molecular complexity index is 813. The van der Waals surface area contributed by atoms with Crippen LogP contribution in [0.3, 0.4) is 0 Å². The molecule has 0 saturated carbocycles. The van der Waals surface area contributed by atoms with Crippen LogP contribution in [0.2, 0.25) is 0 Å². The number of aromatic nitrogens is 1. The zero-order valence-corrected chi connectivity index (χ0v) is 13.5. The molecule has 0 aliphatic carbocycles. The van der Waals surface area contributed by atoms with Crippen LogP contribution in [0.5, 0.6) is 5.75 Å². The maximum Gasteiger partial charge on any atom is 0.234 e. The van der Waals surface area contributed by atoms with Gasteiger partial charge in [0.25, 0.3) is 0 Å². The Kier molecular flexibility index (Phi) is 4.78. The zero-order chi connectivity index (χ0) is 16.1. The van der Waals surface area contributed by atoms with Gasteiger partial charge in [0.2, 0.25) is 5.91 Å². The summed E-state index contributed by atoms with van der Waals surface area (Å²) in [6, 6.07) is 17.2. The molecule has 1 amide bonds. The Morgan fingerprint density at radius 3 is 2.70 bits per heavy atom. The topological polar surface area (TPSA) is 51.2 Å². The highest BCUT2D eigenvalue weighted by Gasteiger charge is 2.07. The van der Waals surface area contributed by atoms with Crippen molar-refractivity contribution >= 4 is 34.3 Å². The lowest BCUT2D eigenvalue weighted by Gasteiger charge is -2.07. The van der Waals surface area contributed by atoms with Crippen molar-refractivity contribution in [3.05, 3.63) is 60.8 Å². The first-order chi connectivity index (χ1) is 11.3. The lowest BCUT2D eigenvalue weighted by atomic mass is 10.2. The van der Waals surface area contributed by atoms with Crippen LogP contribution in [0.15, 0.2) is 65.7 Å². The fourth-order valence-electron chi connectivity index (χ4n) is 2.21. The van der Waals surface area contributed by atoms with Gasteiger partial charge >= 0.3 is 0 Å². The molecule has 1 N–H and O–H groups in total. The number of methoxy groups -OCH3 is 1. The lowest BCUT2D eigenvalue weighted by molar-refractivity contribution is -0.113. The molecule has 4 nitrogen and oxygen atoms in total. The SMILES string of the molecule is COc1ccc(NC(=O)CSc2cccc3cccnc23)cc1. The van der Waals surface area contributed by atoms with Crippen molar-refractivity contribution in [3.8, 4) is 5.75 Å². The van der Waals surface area contributed by atoms with Gasteiger partial charge in [0.05, 0.1) is 18.4 Å². The minimum atomic E-state index is -0.0481. The number of rotatable bonds is 5. The predicted molar refractivity (Wildman–Crippen MR) is 94.1 cm³/mol. The first-order valence-electron chi connectivity index (χ1n) is 7.17. The Morgan fingerprint density at radius 1 is 1.13 bits per heavy atom. The molecule has 0 aliphatic rings. The van der Waals surface area contributed by atoms with Gasteiger partial charge < -0.3 is 10.1 Å². The largest absolute Gasteiger partial charge is 0.497 e. The normalized spacial score (nSPS) is 10.5. The van der Waals surface area contributed by atoms with Crippen LogP contribution in [0, 0.1) is 0 Å². The molecule has 1 heterocycles. The molecule has 0 aliphatic heterocycles. The third-order valence-corrected chi connectivity index (χ3v) is 4.38. The van der Waals surface area contributed by atoms with Gasteiger partial charge in [-0.25, -0.2) is 0 Å². The standard InChI is InChI=1S/C18H16N2O2S/c1-22-15-9-7-14(8-10-15)20-17(21)12-23-16-6-2-4-13-5-3-11-19-18(13)16/h2-11H,12H2,1H3,(H,20,21). The van der Waals surface area contributed by atoms with E-state index in [2.05, 4.69) is 10.3 Å². The van der Waals surface area contributed by atoms with Gasteiger partial charge in [-0.1, -0.05) is 18.2 Å². The number of para-hydroxylation sites is 1. The lowest BCUT2D eigenvalue weighted by Crippen LogP contribution is -2.13. The van der Waals surface area contributed by atoms with E-state index in [1.165, 1.54) is 11.8 Å². The minimum Gasteiger partial charge on any atom is -0.497 e. The van der Waals surface area contributed by atoms with E-state index in [1.807, 2.05) is 54.6 Å². The van der Waals surface area contributed by atoms with Crippen molar-refractivity contribution < 1.29 is 9.53 Å². The highest BCUT2D eigenvalue weighted by molar-refractivity contribution is 8.00. The molecule has 0 saturated heterocycles. The van der Waals surface area contributed by atoms with Gasteiger partial charge in [-0.3, -0.25) is 9.78 Å². The molecule has 0 unspecified atom stereocenters. The number of anilines is 1. The number of thioether (sulfide) groups is 1. The highest BCUT2D eigenvalue weighted by Crippen LogP contribution is 2.26. The maximum absolute atomic E-state index is 12.1. The van der Waals surface area contributed by atoms with Crippen LogP contribution >= 0.6 is 11.8 Å². The number of benzene rings is 2. The molecule has 116 valence electrons. The second-order valence-electron chi connectivity index (χ2n) is 4.90. The molecule has 1 aromatic heterocycles. The summed E-state index contributed by atoms with van der Waals surface area (Å²) in [6.45, 7) is 0. The molecule has 5 heteroatoms. The van der Waals surface area contributed by atoms with E-state index in [0.29, 0.717) is 5.75 Å². The molecule has 0 spiro atoms. The molecule has 3 aromatic rings. The van der Waals surface area contributed by atoms with E-state index < -0.39 is 0 Å². The molecule has 0 fully saturated rings. The van der Waals surface area contributed by atoms with Crippen LogP contribution in [0.25, 0.3) is 10.9 Å². The van der Waals surface area contributed by atoms with Gasteiger partial charge in [0.15, 0.2) is 0 Å². The number of carbonyl (C=O) groups excluding carboxylic acids is 1. The Hall–Kier alpha value is -2.53. The summed E-state index contributed by atoms with van der Waals surface area (Å²) in [6.07, 6.45) is 1.77. The Labute approximate surface area is 138 Å². The summed E-state index contributed by atoms with van der Waals surface area (Å²) in [5, 5.41) is 3.95. The number of pyridine rings is 1. The smallest absolute Gasteiger partial charge is 0.234 e. The molecular formula is C18H16N2O2S. The second kappa shape index (κ2) is 7.15. The van der Waals surface area contributed by atoms with Gasteiger partial charge in [0.1, 0.15) is 5.75 Å². The van der Waals surface area contributed by atoms with Crippen LogP contribution in [-0.4, -0.2) is 23.8 Å². The minimum absolute atomic E-state index is 0.0481. The summed E-state index contributed by atoms with van der Waals surface area (Å²) in [4.78, 5) is 17.5. The number of hydrogen-bond acceptors (Lipinski definition) is 4. The molecule has 23 heavy (non-hydrogen) atoms. The summed E-state index contributed by atoms with van der Waals surface area (Å²) >= 11 is 1.49. The van der Waals surface area contributed by atoms with E-state index in [-0.39, 0.29) is 5.91 Å². The summed E-state index contributed by atoms with van der Waals surface area (Å²) in [5.74, 6) is 1.05. The van der Waals surface area contributed by atoms with Gasteiger partial charge in [-0.15, -0.1) is 11.8 Å². The van der Waals surface area contributed by atoms with Crippen LogP contribution in [-0.2, 0) is 4.79 Å². The summed E-state index contributed by atoms with van der Waals surface area (Å²) in [7, 11) is 1.61. The van der Waals surface area contributed by atoms with Crippen LogP contribution in [0.1, 0.15) is 0 Å². The maximum atomic E-state index is 12.1. The number of nitrogens with zero attached hydrogens (tertiary/aromatic N) is 1. The predicted octanol–water partition coefficient (Wildman–Crippen LogP) is 3.97. The molecular weight excluding hydrogens is 308 g/mol. The van der Waals surface area contributed by atoms with Crippen molar-refractivity contribution in [2.45, 2.75) is 4.90 Å². The molecule has 0 radical (unpaired) electrons. The molecule has 0 atom stereocenters. The Morgan fingerprint density at radius 2 is 1.91 bits per heavy atom. The van der Waals surface area contributed by atoms with Crippen molar-refractivity contribution in [3.63, 3.8) is 0 Å². The van der Waals surface area contributed by atoms with Crippen LogP contribution < -0.4 is 10.1 Å². The zero-order valence-electron chi connectivity index (χ0n) is 12.7. The second-order valence-corrected chi connectivity index (χ2v) is 5.91. The van der Waals surface area contributed by atoms with E-state index in [0.717, 1.165) is 27.2 Å². The van der Waals surface area contributed by atoms with Gasteiger partial charge in [0, 0.05) is 22.2 Å². The number of ether oxygens (including phenoxy) is 1. The average Bonchev–Trinajstić information content (AvgIpc) is 2.60. The van der Waals surface area contributed by atoms with Gasteiger partial charge in [-0.2, -0.15) is 0 Å². The first kappa shape index (κ1) is 15.4. The summed E-state index contributed by atoms with van der Waals surface area (Å²) in [5.41, 5.74) is 1.68. The number of carbonyl (C=O) groups is 1. The monoisotopic (exact) mass is 324 g/mol. The van der Waals surface area contributed by atoms with Crippen molar-refractivity contribution in [1.29, 1.82) is 0 Å². The van der Waals surface area contributed by atoms with Gasteiger partial charge in [-0.05, 0) is 36.4 Å². The van der Waals surface area contributed by atoms with E-state index in [4.69, 9.17) is 4.74 Å². The van der Waals surface area contributed by atoms with E-state index in [1.54, 1.807) is 13.3 Å². The average molecular weight is 324 g/mol. The Balaban J connectivity index is 1.63. The van der Waals surface area contributed by atoms with Crippen molar-refractivity contribution in [2.24, 2.45) is 0 Å². The third kappa shape index (κ3) is 3.81. The molecule has 2 aromatic carbocycles. The summed E-state index contributed by atoms with van der Waals surface area (Å²) < 4.78 is 5.10.